The summed E-state index contributed by atoms with van der Waals surface area (Å²) in [7, 11) is 3.87. The highest BCUT2D eigenvalue weighted by Crippen LogP contribution is 2.25. The first-order chi connectivity index (χ1) is 7.60. The number of hydrogen-bond donors (Lipinski definition) is 1. The summed E-state index contributed by atoms with van der Waals surface area (Å²) < 4.78 is 0.918. The molecular weight excluding hydrogens is 288 g/mol. The monoisotopic (exact) mass is 304 g/mol. The maximum Gasteiger partial charge on any atom is 0.224 e. The van der Waals surface area contributed by atoms with Gasteiger partial charge in [-0.1, -0.05) is 0 Å². The quantitative estimate of drug-likeness (QED) is 0.905. The van der Waals surface area contributed by atoms with Crippen molar-refractivity contribution >= 4 is 39.5 Å². The molecule has 0 saturated carbocycles. The van der Waals surface area contributed by atoms with Gasteiger partial charge in [0.25, 0.3) is 0 Å². The number of anilines is 2. The zero-order valence-corrected chi connectivity index (χ0v) is 12.4. The van der Waals surface area contributed by atoms with E-state index in [-0.39, 0.29) is 0 Å². The normalized spacial score (nSPS) is 12.3. The van der Waals surface area contributed by atoms with Gasteiger partial charge in [-0.3, -0.25) is 0 Å². The van der Waals surface area contributed by atoms with Crippen molar-refractivity contribution in [1.29, 1.82) is 0 Å². The average Bonchev–Trinajstić information content (AvgIpc) is 2.29. The van der Waals surface area contributed by atoms with Crippen molar-refractivity contribution in [2.24, 2.45) is 0 Å². The molecule has 16 heavy (non-hydrogen) atoms. The standard InChI is InChI=1S/C10H17BrN4S/c1-7(6-16-4)15(3)9-8(11)5-13-10(12-2)14-9/h5,7H,6H2,1-4H3,(H,12,13,14). The Morgan fingerprint density at radius 3 is 2.88 bits per heavy atom. The highest BCUT2D eigenvalue weighted by molar-refractivity contribution is 9.10. The van der Waals surface area contributed by atoms with Crippen molar-refractivity contribution in [2.75, 3.05) is 36.3 Å². The van der Waals surface area contributed by atoms with E-state index in [1.165, 1.54) is 0 Å². The number of halogens is 1. The number of hydrogen-bond acceptors (Lipinski definition) is 5. The molecule has 90 valence electrons. The lowest BCUT2D eigenvalue weighted by molar-refractivity contribution is 0.750. The van der Waals surface area contributed by atoms with Gasteiger partial charge in [-0.05, 0) is 29.1 Å². The molecule has 1 heterocycles. The van der Waals surface area contributed by atoms with Crippen LogP contribution < -0.4 is 10.2 Å². The SMILES string of the molecule is CNc1ncc(Br)c(N(C)C(C)CSC)n1. The Bertz CT molecular complexity index is 348. The van der Waals surface area contributed by atoms with E-state index in [1.807, 2.05) is 25.9 Å². The van der Waals surface area contributed by atoms with Gasteiger partial charge < -0.3 is 10.2 Å². The van der Waals surface area contributed by atoms with Gasteiger partial charge in [-0.15, -0.1) is 0 Å². The van der Waals surface area contributed by atoms with Gasteiger partial charge in [0, 0.05) is 32.1 Å². The molecule has 1 aromatic rings. The van der Waals surface area contributed by atoms with E-state index in [9.17, 15) is 0 Å². The Hall–Kier alpha value is -0.490. The smallest absolute Gasteiger partial charge is 0.224 e. The first kappa shape index (κ1) is 13.6. The maximum atomic E-state index is 4.44. The molecule has 0 saturated heterocycles. The van der Waals surface area contributed by atoms with Crippen molar-refractivity contribution < 1.29 is 0 Å². The van der Waals surface area contributed by atoms with Gasteiger partial charge in [0.05, 0.1) is 4.47 Å². The number of nitrogens with zero attached hydrogens (tertiary/aromatic N) is 3. The van der Waals surface area contributed by atoms with Crippen LogP contribution >= 0.6 is 27.7 Å². The Balaban J connectivity index is 2.92. The third-order valence-corrected chi connectivity index (χ3v) is 3.73. The van der Waals surface area contributed by atoms with Gasteiger partial charge in [-0.2, -0.15) is 16.7 Å². The van der Waals surface area contributed by atoms with Gasteiger partial charge in [0.2, 0.25) is 5.95 Å². The highest BCUT2D eigenvalue weighted by atomic mass is 79.9. The van der Waals surface area contributed by atoms with Crippen LogP contribution in [0.3, 0.4) is 0 Å². The predicted octanol–water partition coefficient (Wildman–Crippen LogP) is 2.47. The van der Waals surface area contributed by atoms with Crippen LogP contribution in [0.5, 0.6) is 0 Å². The van der Waals surface area contributed by atoms with Crippen molar-refractivity contribution in [3.8, 4) is 0 Å². The van der Waals surface area contributed by atoms with Crippen LogP contribution in [0.1, 0.15) is 6.92 Å². The molecule has 0 aliphatic rings. The Morgan fingerprint density at radius 1 is 1.62 bits per heavy atom. The van der Waals surface area contributed by atoms with Gasteiger partial charge >= 0.3 is 0 Å². The molecule has 1 aromatic heterocycles. The zero-order valence-electron chi connectivity index (χ0n) is 9.99. The Morgan fingerprint density at radius 2 is 2.31 bits per heavy atom. The molecule has 0 aliphatic heterocycles. The lowest BCUT2D eigenvalue weighted by atomic mass is 10.3. The summed E-state index contributed by atoms with van der Waals surface area (Å²) in [6, 6.07) is 0.436. The largest absolute Gasteiger partial charge is 0.357 e. The topological polar surface area (TPSA) is 41.1 Å². The third-order valence-electron chi connectivity index (χ3n) is 2.35. The van der Waals surface area contributed by atoms with E-state index < -0.39 is 0 Å². The summed E-state index contributed by atoms with van der Waals surface area (Å²) in [6.45, 7) is 2.18. The minimum Gasteiger partial charge on any atom is -0.357 e. The van der Waals surface area contributed by atoms with Gasteiger partial charge in [0.1, 0.15) is 5.82 Å². The second-order valence-electron chi connectivity index (χ2n) is 3.53. The van der Waals surface area contributed by atoms with Crippen LogP contribution in [0, 0.1) is 0 Å². The van der Waals surface area contributed by atoms with E-state index in [2.05, 4.69) is 49.3 Å². The first-order valence-electron chi connectivity index (χ1n) is 5.02. The molecule has 1 rings (SSSR count). The molecule has 1 unspecified atom stereocenters. The molecule has 0 aromatic carbocycles. The fourth-order valence-electron chi connectivity index (χ4n) is 1.29. The highest BCUT2D eigenvalue weighted by Gasteiger charge is 2.14. The summed E-state index contributed by atoms with van der Waals surface area (Å²) in [4.78, 5) is 10.7. The van der Waals surface area contributed by atoms with Crippen molar-refractivity contribution in [3.63, 3.8) is 0 Å². The number of rotatable bonds is 5. The summed E-state index contributed by atoms with van der Waals surface area (Å²) in [5, 5.41) is 2.95. The minimum absolute atomic E-state index is 0.436. The molecule has 0 bridgehead atoms. The predicted molar refractivity (Wildman–Crippen MR) is 75.5 cm³/mol. The lowest BCUT2D eigenvalue weighted by Gasteiger charge is -2.26. The molecule has 1 atom stereocenters. The lowest BCUT2D eigenvalue weighted by Crippen LogP contribution is -2.32. The zero-order chi connectivity index (χ0) is 12.1. The van der Waals surface area contributed by atoms with Crippen LogP contribution in [0.25, 0.3) is 0 Å². The van der Waals surface area contributed by atoms with Crippen LogP contribution in [-0.4, -0.2) is 42.1 Å². The summed E-state index contributed by atoms with van der Waals surface area (Å²) in [6.07, 6.45) is 3.88. The summed E-state index contributed by atoms with van der Waals surface area (Å²) in [5.74, 6) is 2.63. The fourth-order valence-corrected chi connectivity index (χ4v) is 2.46. The van der Waals surface area contributed by atoms with Crippen molar-refractivity contribution in [2.45, 2.75) is 13.0 Å². The van der Waals surface area contributed by atoms with Crippen molar-refractivity contribution in [3.05, 3.63) is 10.7 Å². The molecule has 0 radical (unpaired) electrons. The summed E-state index contributed by atoms with van der Waals surface area (Å²) in [5.41, 5.74) is 0. The fraction of sp³-hybridized carbons (Fsp3) is 0.600. The second-order valence-corrected chi connectivity index (χ2v) is 5.30. The van der Waals surface area contributed by atoms with Gasteiger partial charge in [0.15, 0.2) is 0 Å². The molecule has 0 spiro atoms. The van der Waals surface area contributed by atoms with E-state index in [4.69, 9.17) is 0 Å². The molecule has 6 heteroatoms. The Kier molecular flexibility index (Phi) is 5.34. The summed E-state index contributed by atoms with van der Waals surface area (Å²) >= 11 is 5.31. The second kappa shape index (κ2) is 6.30. The van der Waals surface area contributed by atoms with E-state index in [0.29, 0.717) is 12.0 Å². The molecule has 1 N–H and O–H groups in total. The Labute approximate surface area is 109 Å². The molecule has 0 fully saturated rings. The van der Waals surface area contributed by atoms with E-state index >= 15 is 0 Å². The first-order valence-corrected chi connectivity index (χ1v) is 7.21. The molecule has 0 amide bonds. The van der Waals surface area contributed by atoms with Crippen LogP contribution in [0.15, 0.2) is 10.7 Å². The van der Waals surface area contributed by atoms with Crippen LogP contribution in [0.4, 0.5) is 11.8 Å². The number of aromatic nitrogens is 2. The van der Waals surface area contributed by atoms with E-state index in [1.54, 1.807) is 6.20 Å². The third kappa shape index (κ3) is 3.25. The van der Waals surface area contributed by atoms with Crippen LogP contribution in [-0.2, 0) is 0 Å². The minimum atomic E-state index is 0.436. The molecule has 4 nitrogen and oxygen atoms in total. The average molecular weight is 305 g/mol. The maximum absolute atomic E-state index is 4.44. The number of thioether (sulfide) groups is 1. The van der Waals surface area contributed by atoms with Crippen molar-refractivity contribution in [1.82, 2.24) is 9.97 Å². The molecular formula is C10H17BrN4S. The van der Waals surface area contributed by atoms with Gasteiger partial charge in [-0.25, -0.2) is 4.98 Å². The number of nitrogens with one attached hydrogen (secondary N) is 1. The van der Waals surface area contributed by atoms with E-state index in [0.717, 1.165) is 16.0 Å². The van der Waals surface area contributed by atoms with Crippen LogP contribution in [0.2, 0.25) is 0 Å². The molecule has 0 aliphatic carbocycles.